The molecular formula is C12H10F3N3O2. The molecule has 0 amide bonds. The number of halogens is 3. The molecule has 2 aromatic rings. The van der Waals surface area contributed by atoms with Crippen LogP contribution in [0.4, 0.5) is 13.2 Å². The van der Waals surface area contributed by atoms with E-state index in [1.807, 2.05) is 0 Å². The fourth-order valence-corrected chi connectivity index (χ4v) is 1.81. The molecule has 5 nitrogen and oxygen atoms in total. The Morgan fingerprint density at radius 3 is 2.75 bits per heavy atom. The number of alkyl halides is 3. The second kappa shape index (κ2) is 4.78. The van der Waals surface area contributed by atoms with Crippen molar-refractivity contribution in [2.45, 2.75) is 12.3 Å². The number of rotatable bonds is 3. The number of hydrogen-bond donors (Lipinski definition) is 1. The normalized spacial score (nSPS) is 15.9. The molecule has 1 aromatic heterocycles. The van der Waals surface area contributed by atoms with Gasteiger partial charge in [0.25, 0.3) is 0 Å². The fourth-order valence-electron chi connectivity index (χ4n) is 1.81. The van der Waals surface area contributed by atoms with Gasteiger partial charge in [-0.2, -0.15) is 4.98 Å². The summed E-state index contributed by atoms with van der Waals surface area (Å²) in [6, 6.07) is 5.48. The van der Waals surface area contributed by atoms with Gasteiger partial charge in [-0.3, -0.25) is 0 Å². The monoisotopic (exact) mass is 285 g/mol. The Kier molecular flexibility index (Phi) is 3.09. The Morgan fingerprint density at radius 1 is 1.30 bits per heavy atom. The first-order valence-corrected chi connectivity index (χ1v) is 5.92. The highest BCUT2D eigenvalue weighted by Crippen LogP contribution is 2.27. The molecule has 2 heterocycles. The van der Waals surface area contributed by atoms with Crippen molar-refractivity contribution in [2.75, 3.05) is 13.1 Å². The van der Waals surface area contributed by atoms with Gasteiger partial charge in [-0.15, -0.1) is 13.2 Å². The van der Waals surface area contributed by atoms with E-state index in [1.54, 1.807) is 6.07 Å². The van der Waals surface area contributed by atoms with Crippen LogP contribution in [0.25, 0.3) is 11.4 Å². The highest BCUT2D eigenvalue weighted by atomic mass is 19.4. The molecule has 1 aromatic carbocycles. The molecule has 0 aliphatic carbocycles. The largest absolute Gasteiger partial charge is 0.573 e. The van der Waals surface area contributed by atoms with Crippen LogP contribution in [0, 0.1) is 0 Å². The molecule has 0 atom stereocenters. The van der Waals surface area contributed by atoms with Crippen LogP contribution in [-0.4, -0.2) is 29.6 Å². The van der Waals surface area contributed by atoms with E-state index in [2.05, 4.69) is 20.2 Å². The van der Waals surface area contributed by atoms with Crippen LogP contribution in [-0.2, 0) is 0 Å². The van der Waals surface area contributed by atoms with Gasteiger partial charge < -0.3 is 14.6 Å². The van der Waals surface area contributed by atoms with Gasteiger partial charge >= 0.3 is 6.36 Å². The van der Waals surface area contributed by atoms with Gasteiger partial charge in [-0.25, -0.2) is 0 Å². The minimum absolute atomic E-state index is 0.172. The summed E-state index contributed by atoms with van der Waals surface area (Å²) in [6.07, 6.45) is -4.72. The maximum Gasteiger partial charge on any atom is 0.573 e. The van der Waals surface area contributed by atoms with Gasteiger partial charge in [-0.05, 0) is 12.1 Å². The standard InChI is InChI=1S/C12H10F3N3O2/c13-12(14,15)19-9-3-1-2-7(4-9)10-17-11(20-18-10)8-5-16-6-8/h1-4,8,16H,5-6H2. The zero-order chi connectivity index (χ0) is 14.2. The van der Waals surface area contributed by atoms with E-state index in [9.17, 15) is 13.2 Å². The molecule has 1 N–H and O–H groups in total. The number of ether oxygens (including phenoxy) is 1. The van der Waals surface area contributed by atoms with Crippen LogP contribution in [0.15, 0.2) is 28.8 Å². The Hall–Kier alpha value is -2.09. The Morgan fingerprint density at radius 2 is 2.10 bits per heavy atom. The number of aromatic nitrogens is 2. The number of nitrogens with one attached hydrogen (secondary N) is 1. The quantitative estimate of drug-likeness (QED) is 0.937. The predicted octanol–water partition coefficient (Wildman–Crippen LogP) is 2.32. The lowest BCUT2D eigenvalue weighted by Gasteiger charge is -2.22. The van der Waals surface area contributed by atoms with Gasteiger partial charge in [0.15, 0.2) is 0 Å². The van der Waals surface area contributed by atoms with Crippen LogP contribution < -0.4 is 10.1 Å². The van der Waals surface area contributed by atoms with Crippen LogP contribution in [0.5, 0.6) is 5.75 Å². The Bertz CT molecular complexity index is 608. The smallest absolute Gasteiger partial charge is 0.406 e. The molecule has 1 saturated heterocycles. The molecule has 1 fully saturated rings. The second-order valence-electron chi connectivity index (χ2n) is 4.39. The minimum Gasteiger partial charge on any atom is -0.406 e. The lowest BCUT2D eigenvalue weighted by atomic mass is 10.0. The van der Waals surface area contributed by atoms with E-state index in [4.69, 9.17) is 4.52 Å². The maximum absolute atomic E-state index is 12.2. The molecule has 3 rings (SSSR count). The molecule has 0 bridgehead atoms. The van der Waals surface area contributed by atoms with Crippen LogP contribution in [0.3, 0.4) is 0 Å². The van der Waals surface area contributed by atoms with Crippen molar-refractivity contribution in [3.8, 4) is 17.1 Å². The Balaban J connectivity index is 1.82. The van der Waals surface area contributed by atoms with Crippen molar-refractivity contribution in [1.29, 1.82) is 0 Å². The third kappa shape index (κ3) is 2.74. The SMILES string of the molecule is FC(F)(F)Oc1cccc(-c2noc(C3CNC3)n2)c1. The number of nitrogens with zero attached hydrogens (tertiary/aromatic N) is 2. The lowest BCUT2D eigenvalue weighted by molar-refractivity contribution is -0.274. The van der Waals surface area contributed by atoms with E-state index >= 15 is 0 Å². The molecule has 0 saturated carbocycles. The van der Waals surface area contributed by atoms with E-state index < -0.39 is 6.36 Å². The van der Waals surface area contributed by atoms with E-state index in [-0.39, 0.29) is 17.5 Å². The maximum atomic E-state index is 12.2. The molecule has 0 unspecified atom stereocenters. The van der Waals surface area contributed by atoms with E-state index in [1.165, 1.54) is 18.2 Å². The van der Waals surface area contributed by atoms with Crippen molar-refractivity contribution >= 4 is 0 Å². The third-order valence-corrected chi connectivity index (χ3v) is 2.90. The van der Waals surface area contributed by atoms with Crippen LogP contribution >= 0.6 is 0 Å². The molecule has 1 aliphatic heterocycles. The van der Waals surface area contributed by atoms with Gasteiger partial charge in [0, 0.05) is 18.7 Å². The van der Waals surface area contributed by atoms with Gasteiger partial charge in [0.05, 0.1) is 5.92 Å². The van der Waals surface area contributed by atoms with Crippen LogP contribution in [0.1, 0.15) is 11.8 Å². The number of benzene rings is 1. The topological polar surface area (TPSA) is 60.2 Å². The summed E-state index contributed by atoms with van der Waals surface area (Å²) < 4.78 is 45.4. The predicted molar refractivity (Wildman–Crippen MR) is 62.0 cm³/mol. The summed E-state index contributed by atoms with van der Waals surface area (Å²) >= 11 is 0. The lowest BCUT2D eigenvalue weighted by Crippen LogP contribution is -2.40. The summed E-state index contributed by atoms with van der Waals surface area (Å²) in [4.78, 5) is 4.19. The van der Waals surface area contributed by atoms with Crippen molar-refractivity contribution in [3.63, 3.8) is 0 Å². The molecular weight excluding hydrogens is 275 g/mol. The first-order chi connectivity index (χ1) is 9.51. The molecule has 8 heteroatoms. The third-order valence-electron chi connectivity index (χ3n) is 2.90. The number of hydrogen-bond acceptors (Lipinski definition) is 5. The van der Waals surface area contributed by atoms with E-state index in [0.29, 0.717) is 11.5 Å². The first-order valence-electron chi connectivity index (χ1n) is 5.92. The average molecular weight is 285 g/mol. The van der Waals surface area contributed by atoms with Crippen molar-refractivity contribution < 1.29 is 22.4 Å². The summed E-state index contributed by atoms with van der Waals surface area (Å²) in [5, 5.41) is 6.85. The van der Waals surface area contributed by atoms with E-state index in [0.717, 1.165) is 13.1 Å². The fraction of sp³-hybridized carbons (Fsp3) is 0.333. The molecule has 1 aliphatic rings. The van der Waals surface area contributed by atoms with Gasteiger partial charge in [0.1, 0.15) is 5.75 Å². The first kappa shape index (κ1) is 12.9. The Labute approximate surface area is 111 Å². The zero-order valence-electron chi connectivity index (χ0n) is 10.1. The molecule has 0 radical (unpaired) electrons. The summed E-state index contributed by atoms with van der Waals surface area (Å²) in [5.41, 5.74) is 0.411. The molecule has 20 heavy (non-hydrogen) atoms. The van der Waals surface area contributed by atoms with Crippen molar-refractivity contribution in [2.24, 2.45) is 0 Å². The zero-order valence-corrected chi connectivity index (χ0v) is 10.1. The average Bonchev–Trinajstić information content (AvgIpc) is 2.74. The van der Waals surface area contributed by atoms with Gasteiger partial charge in [-0.1, -0.05) is 17.3 Å². The van der Waals surface area contributed by atoms with Crippen molar-refractivity contribution in [3.05, 3.63) is 30.2 Å². The summed E-state index contributed by atoms with van der Waals surface area (Å²) in [5.74, 6) is 0.595. The summed E-state index contributed by atoms with van der Waals surface area (Å²) in [6.45, 7) is 1.53. The van der Waals surface area contributed by atoms with Crippen LogP contribution in [0.2, 0.25) is 0 Å². The summed E-state index contributed by atoms with van der Waals surface area (Å²) in [7, 11) is 0. The van der Waals surface area contributed by atoms with Crippen molar-refractivity contribution in [1.82, 2.24) is 15.5 Å². The highest BCUT2D eigenvalue weighted by Gasteiger charge is 2.31. The molecule has 106 valence electrons. The highest BCUT2D eigenvalue weighted by molar-refractivity contribution is 5.56. The molecule has 0 spiro atoms. The van der Waals surface area contributed by atoms with Gasteiger partial charge in [0.2, 0.25) is 11.7 Å². The minimum atomic E-state index is -4.72. The second-order valence-corrected chi connectivity index (χ2v) is 4.39.